The van der Waals surface area contributed by atoms with Gasteiger partial charge in [0.15, 0.2) is 0 Å². The van der Waals surface area contributed by atoms with Crippen LogP contribution in [0.15, 0.2) is 18.2 Å². The number of methoxy groups -OCH3 is 1. The first-order chi connectivity index (χ1) is 9.63. The number of nitrogens with one attached hydrogen (secondary N) is 2. The van der Waals surface area contributed by atoms with Crippen LogP contribution in [-0.2, 0) is 4.74 Å². The van der Waals surface area contributed by atoms with Crippen molar-refractivity contribution in [2.75, 3.05) is 37.5 Å². The van der Waals surface area contributed by atoms with E-state index in [1.165, 1.54) is 0 Å². The number of nitrogens with zero attached hydrogens (tertiary/aromatic N) is 1. The second-order valence-corrected chi connectivity index (χ2v) is 4.30. The first kappa shape index (κ1) is 16.2. The monoisotopic (exact) mass is 283 g/mol. The molecular weight excluding hydrogens is 262 g/mol. The number of aliphatic hydroxyl groups excluding tert-OH is 1. The third kappa shape index (κ3) is 4.36. The first-order valence-corrected chi connectivity index (χ1v) is 6.51. The number of para-hydroxylation sites is 1. The van der Waals surface area contributed by atoms with E-state index in [1.807, 2.05) is 6.92 Å². The van der Waals surface area contributed by atoms with Crippen LogP contribution < -0.4 is 10.6 Å². The second-order valence-electron chi connectivity index (χ2n) is 4.30. The number of ether oxygens (including phenoxy) is 1. The Hall–Kier alpha value is -1.86. The number of hydrogen-bond donors (Lipinski definition) is 3. The van der Waals surface area contributed by atoms with E-state index in [1.54, 1.807) is 25.3 Å². The Morgan fingerprint density at radius 1 is 1.45 bits per heavy atom. The maximum atomic E-state index is 11.3. The molecule has 0 saturated carbocycles. The maximum Gasteiger partial charge on any atom is 0.315 e. The predicted molar refractivity (Wildman–Crippen MR) is 78.2 cm³/mol. The van der Waals surface area contributed by atoms with Crippen LogP contribution in [0.1, 0.15) is 13.3 Å². The number of hydrogen-bond acceptors (Lipinski definition) is 6. The van der Waals surface area contributed by atoms with Gasteiger partial charge in [0, 0.05) is 20.3 Å². The Morgan fingerprint density at radius 2 is 2.15 bits per heavy atom. The minimum absolute atomic E-state index is 0.00777. The smallest absolute Gasteiger partial charge is 0.315 e. The largest absolute Gasteiger partial charge is 0.396 e. The molecule has 0 aliphatic rings. The Balaban J connectivity index is 3.03. The zero-order valence-corrected chi connectivity index (χ0v) is 11.8. The van der Waals surface area contributed by atoms with Crippen LogP contribution in [0.4, 0.5) is 17.1 Å². The average molecular weight is 283 g/mol. The summed E-state index contributed by atoms with van der Waals surface area (Å²) in [5.41, 5.74) is 0.903. The number of benzene rings is 1. The van der Waals surface area contributed by atoms with Crippen molar-refractivity contribution in [3.63, 3.8) is 0 Å². The summed E-state index contributed by atoms with van der Waals surface area (Å²) in [6.07, 6.45) is 0.455. The van der Waals surface area contributed by atoms with Crippen molar-refractivity contribution >= 4 is 17.1 Å². The van der Waals surface area contributed by atoms with Crippen molar-refractivity contribution in [2.24, 2.45) is 0 Å². The van der Waals surface area contributed by atoms with Crippen LogP contribution in [0.5, 0.6) is 0 Å². The summed E-state index contributed by atoms with van der Waals surface area (Å²) in [4.78, 5) is 10.8. The van der Waals surface area contributed by atoms with Gasteiger partial charge in [0.05, 0.1) is 17.6 Å². The third-order valence-electron chi connectivity index (χ3n) is 2.79. The SMILES string of the molecule is CCNc1cccc(NC(CCO)COC)c1[N+](=O)[O-]. The summed E-state index contributed by atoms with van der Waals surface area (Å²) < 4.78 is 5.05. The van der Waals surface area contributed by atoms with Gasteiger partial charge in [0.1, 0.15) is 11.4 Å². The van der Waals surface area contributed by atoms with Gasteiger partial charge in [-0.15, -0.1) is 0 Å². The molecular formula is C13H21N3O4. The highest BCUT2D eigenvalue weighted by molar-refractivity contribution is 5.76. The topological polar surface area (TPSA) is 96.7 Å². The van der Waals surface area contributed by atoms with Gasteiger partial charge in [0.2, 0.25) is 0 Å². The van der Waals surface area contributed by atoms with E-state index in [2.05, 4.69) is 10.6 Å². The van der Waals surface area contributed by atoms with Crippen molar-refractivity contribution in [2.45, 2.75) is 19.4 Å². The van der Waals surface area contributed by atoms with Gasteiger partial charge in [-0.05, 0) is 25.5 Å². The highest BCUT2D eigenvalue weighted by atomic mass is 16.6. The molecule has 3 N–H and O–H groups in total. The van der Waals surface area contributed by atoms with E-state index in [4.69, 9.17) is 9.84 Å². The second kappa shape index (κ2) is 8.34. The van der Waals surface area contributed by atoms with Gasteiger partial charge >= 0.3 is 5.69 Å². The molecule has 0 aliphatic heterocycles. The molecule has 0 saturated heterocycles. The summed E-state index contributed by atoms with van der Waals surface area (Å²) in [6.45, 7) is 2.83. The molecule has 1 unspecified atom stereocenters. The van der Waals surface area contributed by atoms with Crippen molar-refractivity contribution in [3.05, 3.63) is 28.3 Å². The molecule has 1 aromatic carbocycles. The minimum Gasteiger partial charge on any atom is -0.396 e. The highest BCUT2D eigenvalue weighted by Gasteiger charge is 2.21. The number of nitro groups is 1. The van der Waals surface area contributed by atoms with Crippen LogP contribution in [-0.4, -0.2) is 42.9 Å². The molecule has 112 valence electrons. The Morgan fingerprint density at radius 3 is 2.70 bits per heavy atom. The summed E-state index contributed by atoms with van der Waals surface area (Å²) in [7, 11) is 1.55. The van der Waals surface area contributed by atoms with Crippen molar-refractivity contribution in [1.82, 2.24) is 0 Å². The third-order valence-corrected chi connectivity index (χ3v) is 2.79. The highest BCUT2D eigenvalue weighted by Crippen LogP contribution is 2.33. The van der Waals surface area contributed by atoms with E-state index in [-0.39, 0.29) is 18.3 Å². The number of anilines is 2. The standard InChI is InChI=1S/C13H21N3O4/c1-3-14-11-5-4-6-12(13(11)16(18)19)15-10(7-8-17)9-20-2/h4-6,10,14-15,17H,3,7-9H2,1-2H3. The van der Waals surface area contributed by atoms with E-state index >= 15 is 0 Å². The van der Waals surface area contributed by atoms with E-state index in [0.717, 1.165) is 0 Å². The van der Waals surface area contributed by atoms with Crippen LogP contribution in [0, 0.1) is 10.1 Å². The average Bonchev–Trinajstić information content (AvgIpc) is 2.39. The fraction of sp³-hybridized carbons (Fsp3) is 0.538. The summed E-state index contributed by atoms with van der Waals surface area (Å²) >= 11 is 0. The number of aliphatic hydroxyl groups is 1. The summed E-state index contributed by atoms with van der Waals surface area (Å²) in [6, 6.07) is 4.89. The zero-order valence-electron chi connectivity index (χ0n) is 11.8. The number of rotatable bonds is 9. The lowest BCUT2D eigenvalue weighted by Gasteiger charge is -2.19. The van der Waals surface area contributed by atoms with Gasteiger partial charge in [0.25, 0.3) is 0 Å². The van der Waals surface area contributed by atoms with Gasteiger partial charge in [-0.2, -0.15) is 0 Å². The van der Waals surface area contributed by atoms with E-state index in [0.29, 0.717) is 30.9 Å². The molecule has 1 aromatic rings. The zero-order chi connectivity index (χ0) is 15.0. The molecule has 0 aromatic heterocycles. The van der Waals surface area contributed by atoms with Crippen LogP contribution in [0.25, 0.3) is 0 Å². The molecule has 7 nitrogen and oxygen atoms in total. The van der Waals surface area contributed by atoms with Crippen molar-refractivity contribution in [3.8, 4) is 0 Å². The number of nitro benzene ring substituents is 1. The predicted octanol–water partition coefficient (Wildman–Crippen LogP) is 1.84. The lowest BCUT2D eigenvalue weighted by atomic mass is 10.1. The molecule has 0 amide bonds. The molecule has 0 radical (unpaired) electrons. The molecule has 1 rings (SSSR count). The van der Waals surface area contributed by atoms with Gasteiger partial charge in [-0.25, -0.2) is 0 Å². The van der Waals surface area contributed by atoms with Crippen LogP contribution in [0.2, 0.25) is 0 Å². The molecule has 7 heteroatoms. The molecule has 0 spiro atoms. The maximum absolute atomic E-state index is 11.3. The lowest BCUT2D eigenvalue weighted by molar-refractivity contribution is -0.383. The van der Waals surface area contributed by atoms with Crippen LogP contribution >= 0.6 is 0 Å². The van der Waals surface area contributed by atoms with Crippen molar-refractivity contribution in [1.29, 1.82) is 0 Å². The molecule has 0 fully saturated rings. The summed E-state index contributed by atoms with van der Waals surface area (Å²) in [5.74, 6) is 0. The van der Waals surface area contributed by atoms with Crippen molar-refractivity contribution < 1.29 is 14.8 Å². The minimum atomic E-state index is -0.414. The molecule has 0 aliphatic carbocycles. The fourth-order valence-corrected chi connectivity index (χ4v) is 1.96. The van der Waals surface area contributed by atoms with E-state index in [9.17, 15) is 10.1 Å². The van der Waals surface area contributed by atoms with Gasteiger partial charge in [-0.1, -0.05) is 6.07 Å². The van der Waals surface area contributed by atoms with E-state index < -0.39 is 4.92 Å². The summed E-state index contributed by atoms with van der Waals surface area (Å²) in [5, 5.41) is 26.3. The molecule has 20 heavy (non-hydrogen) atoms. The Bertz CT molecular complexity index is 434. The molecule has 1 atom stereocenters. The quantitative estimate of drug-likeness (QED) is 0.472. The fourth-order valence-electron chi connectivity index (χ4n) is 1.96. The van der Waals surface area contributed by atoms with Gasteiger partial charge in [-0.3, -0.25) is 10.1 Å². The first-order valence-electron chi connectivity index (χ1n) is 6.51. The lowest BCUT2D eigenvalue weighted by Crippen LogP contribution is -2.26. The van der Waals surface area contributed by atoms with Crippen LogP contribution in [0.3, 0.4) is 0 Å². The Kier molecular flexibility index (Phi) is 6.75. The normalized spacial score (nSPS) is 11.9. The van der Waals surface area contributed by atoms with Gasteiger partial charge < -0.3 is 20.5 Å². The Labute approximate surface area is 118 Å². The molecule has 0 bridgehead atoms. The molecule has 0 heterocycles.